The van der Waals surface area contributed by atoms with Crippen LogP contribution in [-0.4, -0.2) is 12.0 Å². The SMILES string of the molecule is CNCc1ccc(Oc2cccnc2)c(C)c1. The van der Waals surface area contributed by atoms with Crippen molar-refractivity contribution >= 4 is 0 Å². The zero-order valence-corrected chi connectivity index (χ0v) is 10.1. The van der Waals surface area contributed by atoms with Crippen LogP contribution < -0.4 is 10.1 Å². The van der Waals surface area contributed by atoms with Gasteiger partial charge in [0.1, 0.15) is 11.5 Å². The Morgan fingerprint density at radius 2 is 2.18 bits per heavy atom. The van der Waals surface area contributed by atoms with Gasteiger partial charge in [0.2, 0.25) is 0 Å². The first-order valence-electron chi connectivity index (χ1n) is 5.61. The van der Waals surface area contributed by atoms with Crippen LogP contribution in [0.25, 0.3) is 0 Å². The lowest BCUT2D eigenvalue weighted by Gasteiger charge is -2.09. The highest BCUT2D eigenvalue weighted by Gasteiger charge is 2.02. The number of hydrogen-bond acceptors (Lipinski definition) is 3. The summed E-state index contributed by atoms with van der Waals surface area (Å²) in [5.74, 6) is 1.63. The highest BCUT2D eigenvalue weighted by atomic mass is 16.5. The van der Waals surface area contributed by atoms with Crippen LogP contribution >= 0.6 is 0 Å². The van der Waals surface area contributed by atoms with Crippen molar-refractivity contribution in [2.75, 3.05) is 7.05 Å². The number of hydrogen-bond donors (Lipinski definition) is 1. The zero-order valence-electron chi connectivity index (χ0n) is 10.1. The number of aromatic nitrogens is 1. The number of ether oxygens (including phenoxy) is 1. The standard InChI is InChI=1S/C14H16N2O/c1-11-8-12(9-15-2)5-6-14(11)17-13-4-3-7-16-10-13/h3-8,10,15H,9H2,1-2H3. The van der Waals surface area contributed by atoms with Crippen LogP contribution in [0.15, 0.2) is 42.7 Å². The van der Waals surface area contributed by atoms with E-state index < -0.39 is 0 Å². The summed E-state index contributed by atoms with van der Waals surface area (Å²) in [5, 5.41) is 3.13. The minimum absolute atomic E-state index is 0.761. The number of nitrogens with zero attached hydrogens (tertiary/aromatic N) is 1. The van der Waals surface area contributed by atoms with Gasteiger partial charge < -0.3 is 10.1 Å². The van der Waals surface area contributed by atoms with Crippen molar-refractivity contribution in [1.82, 2.24) is 10.3 Å². The Bertz CT molecular complexity index is 483. The Hall–Kier alpha value is -1.87. The zero-order chi connectivity index (χ0) is 12.1. The molecule has 0 fully saturated rings. The maximum absolute atomic E-state index is 5.76. The minimum Gasteiger partial charge on any atom is -0.455 e. The molecule has 1 aromatic carbocycles. The summed E-state index contributed by atoms with van der Waals surface area (Å²) >= 11 is 0. The van der Waals surface area contributed by atoms with Gasteiger partial charge in [-0.1, -0.05) is 12.1 Å². The largest absolute Gasteiger partial charge is 0.455 e. The molecule has 0 atom stereocenters. The Kier molecular flexibility index (Phi) is 3.73. The normalized spacial score (nSPS) is 10.2. The number of aryl methyl sites for hydroxylation is 1. The van der Waals surface area contributed by atoms with Crippen molar-refractivity contribution in [3.05, 3.63) is 53.9 Å². The lowest BCUT2D eigenvalue weighted by Crippen LogP contribution is -2.05. The van der Waals surface area contributed by atoms with Crippen molar-refractivity contribution in [3.8, 4) is 11.5 Å². The second kappa shape index (κ2) is 5.46. The fourth-order valence-corrected chi connectivity index (χ4v) is 1.67. The van der Waals surface area contributed by atoms with Crippen molar-refractivity contribution in [2.24, 2.45) is 0 Å². The molecule has 1 aromatic heterocycles. The van der Waals surface area contributed by atoms with Gasteiger partial charge in [-0.3, -0.25) is 4.98 Å². The van der Waals surface area contributed by atoms with E-state index in [4.69, 9.17) is 4.74 Å². The first kappa shape index (κ1) is 11.6. The minimum atomic E-state index is 0.761. The van der Waals surface area contributed by atoms with Gasteiger partial charge in [0.25, 0.3) is 0 Å². The molecule has 3 heteroatoms. The molecule has 0 aliphatic carbocycles. The van der Waals surface area contributed by atoms with Gasteiger partial charge in [-0.05, 0) is 43.3 Å². The summed E-state index contributed by atoms with van der Waals surface area (Å²) in [7, 11) is 1.94. The molecule has 2 rings (SSSR count). The molecule has 1 N–H and O–H groups in total. The van der Waals surface area contributed by atoms with Crippen molar-refractivity contribution in [2.45, 2.75) is 13.5 Å². The summed E-state index contributed by atoms with van der Waals surface area (Å²) in [5.41, 5.74) is 2.38. The average Bonchev–Trinajstić information content (AvgIpc) is 2.34. The van der Waals surface area contributed by atoms with Crippen LogP contribution in [0.5, 0.6) is 11.5 Å². The molecule has 3 nitrogen and oxygen atoms in total. The molecule has 17 heavy (non-hydrogen) atoms. The van der Waals surface area contributed by atoms with E-state index in [2.05, 4.69) is 22.4 Å². The molecule has 0 saturated carbocycles. The van der Waals surface area contributed by atoms with E-state index in [1.54, 1.807) is 12.4 Å². The second-order valence-corrected chi connectivity index (χ2v) is 3.92. The monoisotopic (exact) mass is 228 g/mol. The summed E-state index contributed by atoms with van der Waals surface area (Å²) in [6, 6.07) is 9.94. The maximum Gasteiger partial charge on any atom is 0.145 e. The third kappa shape index (κ3) is 3.04. The molecular formula is C14H16N2O. The van der Waals surface area contributed by atoms with Crippen molar-refractivity contribution < 1.29 is 4.74 Å². The Labute approximate surface area is 101 Å². The van der Waals surface area contributed by atoms with E-state index in [0.29, 0.717) is 0 Å². The lowest BCUT2D eigenvalue weighted by molar-refractivity contribution is 0.476. The summed E-state index contributed by atoms with van der Waals surface area (Å²) in [6.07, 6.45) is 3.44. The van der Waals surface area contributed by atoms with Crippen molar-refractivity contribution in [3.63, 3.8) is 0 Å². The van der Waals surface area contributed by atoms with E-state index in [-0.39, 0.29) is 0 Å². The third-order valence-electron chi connectivity index (χ3n) is 2.48. The second-order valence-electron chi connectivity index (χ2n) is 3.92. The molecule has 2 aromatic rings. The number of rotatable bonds is 4. The van der Waals surface area contributed by atoms with E-state index >= 15 is 0 Å². The van der Waals surface area contributed by atoms with Crippen LogP contribution in [0.3, 0.4) is 0 Å². The van der Waals surface area contributed by atoms with Crippen molar-refractivity contribution in [1.29, 1.82) is 0 Å². The Morgan fingerprint density at radius 1 is 1.29 bits per heavy atom. The Morgan fingerprint density at radius 3 is 2.82 bits per heavy atom. The predicted octanol–water partition coefficient (Wildman–Crippen LogP) is 2.90. The fourth-order valence-electron chi connectivity index (χ4n) is 1.67. The molecule has 0 amide bonds. The van der Waals surface area contributed by atoms with E-state index in [0.717, 1.165) is 23.6 Å². The predicted molar refractivity (Wildman–Crippen MR) is 68.3 cm³/mol. The molecule has 0 unspecified atom stereocenters. The van der Waals surface area contributed by atoms with Gasteiger partial charge >= 0.3 is 0 Å². The van der Waals surface area contributed by atoms with Gasteiger partial charge in [0.15, 0.2) is 0 Å². The smallest absolute Gasteiger partial charge is 0.145 e. The summed E-state index contributed by atoms with van der Waals surface area (Å²) in [4.78, 5) is 4.02. The fraction of sp³-hybridized carbons (Fsp3) is 0.214. The van der Waals surface area contributed by atoms with Gasteiger partial charge in [-0.15, -0.1) is 0 Å². The van der Waals surface area contributed by atoms with E-state index in [1.165, 1.54) is 5.56 Å². The molecule has 0 spiro atoms. The number of benzene rings is 1. The van der Waals surface area contributed by atoms with E-state index in [1.807, 2.05) is 32.2 Å². The first-order valence-corrected chi connectivity index (χ1v) is 5.61. The highest BCUT2D eigenvalue weighted by molar-refractivity contribution is 5.39. The van der Waals surface area contributed by atoms with Crippen LogP contribution in [0.1, 0.15) is 11.1 Å². The topological polar surface area (TPSA) is 34.1 Å². The molecule has 0 aliphatic rings. The maximum atomic E-state index is 5.76. The quantitative estimate of drug-likeness (QED) is 0.873. The third-order valence-corrected chi connectivity index (χ3v) is 2.48. The highest BCUT2D eigenvalue weighted by Crippen LogP contribution is 2.24. The molecular weight excluding hydrogens is 212 g/mol. The van der Waals surface area contributed by atoms with Crippen LogP contribution in [-0.2, 0) is 6.54 Å². The molecule has 0 radical (unpaired) electrons. The number of nitrogens with one attached hydrogen (secondary N) is 1. The van der Waals surface area contributed by atoms with Crippen LogP contribution in [0.4, 0.5) is 0 Å². The molecule has 1 heterocycles. The lowest BCUT2D eigenvalue weighted by atomic mass is 10.1. The molecule has 0 aliphatic heterocycles. The van der Waals surface area contributed by atoms with Gasteiger partial charge in [0.05, 0.1) is 6.20 Å². The molecule has 0 bridgehead atoms. The van der Waals surface area contributed by atoms with E-state index in [9.17, 15) is 0 Å². The van der Waals surface area contributed by atoms with Gasteiger partial charge in [0, 0.05) is 12.7 Å². The molecule has 0 saturated heterocycles. The van der Waals surface area contributed by atoms with Gasteiger partial charge in [-0.2, -0.15) is 0 Å². The molecule has 88 valence electrons. The first-order chi connectivity index (χ1) is 8.29. The Balaban J connectivity index is 2.17. The summed E-state index contributed by atoms with van der Waals surface area (Å²) in [6.45, 7) is 2.92. The van der Waals surface area contributed by atoms with Crippen LogP contribution in [0, 0.1) is 6.92 Å². The summed E-state index contributed by atoms with van der Waals surface area (Å²) < 4.78 is 5.76. The average molecular weight is 228 g/mol. The number of pyridine rings is 1. The van der Waals surface area contributed by atoms with Gasteiger partial charge in [-0.25, -0.2) is 0 Å². The van der Waals surface area contributed by atoms with Crippen LogP contribution in [0.2, 0.25) is 0 Å².